The highest BCUT2D eigenvalue weighted by Crippen LogP contribution is 2.18. The van der Waals surface area contributed by atoms with Gasteiger partial charge in [-0.3, -0.25) is 44.8 Å². The van der Waals surface area contributed by atoms with Crippen LogP contribution in [0.25, 0.3) is 0 Å². The molecule has 39 heavy (non-hydrogen) atoms. The van der Waals surface area contributed by atoms with Crippen LogP contribution < -0.4 is 0 Å². The van der Waals surface area contributed by atoms with E-state index in [9.17, 15) is 44.7 Å². The van der Waals surface area contributed by atoms with E-state index in [0.29, 0.717) is 0 Å². The first kappa shape index (κ1) is 33.2. The number of esters is 3. The molecule has 0 aliphatic carbocycles. The normalized spacial score (nSPS) is 9.36. The summed E-state index contributed by atoms with van der Waals surface area (Å²) in [6, 6.07) is 0. The maximum Gasteiger partial charge on any atom is 0.365 e. The first-order valence-corrected chi connectivity index (χ1v) is 9.57. The number of aryl methyl sites for hydroxylation is 2. The van der Waals surface area contributed by atoms with Crippen molar-refractivity contribution in [1.29, 1.82) is 0 Å². The number of carbonyl (C=O) groups is 3. The summed E-state index contributed by atoms with van der Waals surface area (Å²) in [4.78, 5) is 61.8. The lowest BCUT2D eigenvalue weighted by Gasteiger charge is -1.97. The Morgan fingerprint density at radius 2 is 1.33 bits per heavy atom. The van der Waals surface area contributed by atoms with E-state index in [1.165, 1.54) is 18.8 Å². The van der Waals surface area contributed by atoms with Gasteiger partial charge in [0.15, 0.2) is 0 Å². The predicted octanol–water partition coefficient (Wildman–Crippen LogP) is 0.970. The van der Waals surface area contributed by atoms with Crippen molar-refractivity contribution in [3.05, 3.63) is 66.0 Å². The number of nitrogens with one attached hydrogen (secondary N) is 1. The highest BCUT2D eigenvalue weighted by Gasteiger charge is 2.26. The molecule has 3 aromatic heterocycles. The Hall–Kier alpha value is -5.76. The molecule has 0 amide bonds. The third kappa shape index (κ3) is 8.40. The number of rotatable bonds is 6. The van der Waals surface area contributed by atoms with Crippen LogP contribution in [0, 0.1) is 30.3 Å². The first-order chi connectivity index (χ1) is 17.8. The Morgan fingerprint density at radius 1 is 0.821 bits per heavy atom. The molecule has 3 rings (SSSR count). The molecule has 0 fully saturated rings. The second-order valence-corrected chi connectivity index (χ2v) is 6.41. The highest BCUT2D eigenvalue weighted by atomic mass is 16.6. The van der Waals surface area contributed by atoms with Gasteiger partial charge in [0.1, 0.15) is 18.6 Å². The smallest absolute Gasteiger partial charge is 0.365 e. The molecule has 0 bridgehead atoms. The lowest BCUT2D eigenvalue weighted by atomic mass is 10.4. The first-order valence-electron chi connectivity index (χ1n) is 9.57. The SMILES string of the molecule is C.COC(=O)c1[nH]ncc1[N+](=O)[O-].COC(=O)c1c([N+](=O)[O-])cnn1C.COC(=O)c1nn(C)cc1[N+](=O)[O-]. The van der Waals surface area contributed by atoms with Gasteiger partial charge in [-0.1, -0.05) is 7.43 Å². The molecule has 0 atom stereocenters. The summed E-state index contributed by atoms with van der Waals surface area (Å²) in [6.45, 7) is 0. The van der Waals surface area contributed by atoms with Crippen molar-refractivity contribution >= 4 is 35.0 Å². The van der Waals surface area contributed by atoms with Crippen LogP contribution >= 0.6 is 0 Å². The zero-order chi connectivity index (χ0) is 29.2. The van der Waals surface area contributed by atoms with E-state index in [1.54, 1.807) is 0 Å². The fourth-order valence-corrected chi connectivity index (χ4v) is 2.42. The van der Waals surface area contributed by atoms with E-state index in [0.717, 1.165) is 44.6 Å². The van der Waals surface area contributed by atoms with Crippen LogP contribution in [-0.2, 0) is 28.3 Å². The molecule has 3 aromatic rings. The van der Waals surface area contributed by atoms with Gasteiger partial charge in [0.2, 0.25) is 17.1 Å². The molecule has 0 aliphatic heterocycles. The molecule has 0 saturated heterocycles. The van der Waals surface area contributed by atoms with Crippen molar-refractivity contribution in [3.8, 4) is 0 Å². The highest BCUT2D eigenvalue weighted by molar-refractivity contribution is 5.92. The summed E-state index contributed by atoms with van der Waals surface area (Å²) in [5.74, 6) is -2.39. The van der Waals surface area contributed by atoms with Gasteiger partial charge in [0, 0.05) is 14.1 Å². The van der Waals surface area contributed by atoms with E-state index >= 15 is 0 Å². The molecule has 3 heterocycles. The van der Waals surface area contributed by atoms with Crippen molar-refractivity contribution in [2.24, 2.45) is 14.1 Å². The molecule has 0 radical (unpaired) electrons. The molecule has 0 unspecified atom stereocenters. The van der Waals surface area contributed by atoms with Crippen molar-refractivity contribution in [2.75, 3.05) is 21.3 Å². The van der Waals surface area contributed by atoms with Gasteiger partial charge in [-0.2, -0.15) is 15.3 Å². The number of nitro groups is 3. The van der Waals surface area contributed by atoms with Crippen LogP contribution in [0.15, 0.2) is 18.6 Å². The number of nitrogens with zero attached hydrogens (tertiary/aromatic N) is 8. The zero-order valence-corrected chi connectivity index (χ0v) is 20.2. The largest absolute Gasteiger partial charge is 0.464 e. The van der Waals surface area contributed by atoms with Gasteiger partial charge in [0.25, 0.3) is 0 Å². The molecule has 212 valence electrons. The molecule has 0 aliphatic rings. The second kappa shape index (κ2) is 14.7. The van der Waals surface area contributed by atoms with Crippen molar-refractivity contribution in [2.45, 2.75) is 7.43 Å². The Bertz CT molecular complexity index is 1350. The number of carbonyl (C=O) groups excluding carboxylic acids is 3. The van der Waals surface area contributed by atoms with Gasteiger partial charge in [0.05, 0.1) is 36.1 Å². The van der Waals surface area contributed by atoms with E-state index < -0.39 is 32.7 Å². The molecule has 1 N–H and O–H groups in total. The third-order valence-electron chi connectivity index (χ3n) is 4.09. The van der Waals surface area contributed by atoms with Gasteiger partial charge < -0.3 is 14.2 Å². The quantitative estimate of drug-likeness (QED) is 0.191. The number of aromatic amines is 1. The molecule has 0 saturated carbocycles. The minimum absolute atomic E-state index is 0. The summed E-state index contributed by atoms with van der Waals surface area (Å²) in [7, 11) is 6.34. The fourth-order valence-electron chi connectivity index (χ4n) is 2.42. The Balaban J connectivity index is 0.000000549. The Morgan fingerprint density at radius 3 is 1.79 bits per heavy atom. The molecule has 21 heteroatoms. The van der Waals surface area contributed by atoms with Gasteiger partial charge in [-0.25, -0.2) is 14.4 Å². The van der Waals surface area contributed by atoms with E-state index in [-0.39, 0.29) is 41.6 Å². The van der Waals surface area contributed by atoms with Crippen molar-refractivity contribution < 1.29 is 43.4 Å². The van der Waals surface area contributed by atoms with Gasteiger partial charge in [-0.05, 0) is 0 Å². The zero-order valence-electron chi connectivity index (χ0n) is 20.2. The van der Waals surface area contributed by atoms with Crippen molar-refractivity contribution in [1.82, 2.24) is 29.8 Å². The van der Waals surface area contributed by atoms with Crippen LogP contribution in [0.2, 0.25) is 0 Å². The molecule has 0 aromatic carbocycles. The van der Waals surface area contributed by atoms with Crippen LogP contribution in [0.1, 0.15) is 38.9 Å². The Labute approximate surface area is 217 Å². The summed E-state index contributed by atoms with van der Waals surface area (Å²) in [6.07, 6.45) is 3.10. The number of hydrogen-bond donors (Lipinski definition) is 1. The summed E-state index contributed by atoms with van der Waals surface area (Å²) >= 11 is 0. The summed E-state index contributed by atoms with van der Waals surface area (Å²) in [5, 5.41) is 43.7. The number of H-pyrrole nitrogens is 1. The van der Waals surface area contributed by atoms with Gasteiger partial charge in [-0.15, -0.1) is 0 Å². The number of methoxy groups -OCH3 is 3. The topological polar surface area (TPSA) is 273 Å². The van der Waals surface area contributed by atoms with Crippen molar-refractivity contribution in [3.63, 3.8) is 0 Å². The lowest BCUT2D eigenvalue weighted by molar-refractivity contribution is -0.385. The molecule has 0 spiro atoms. The number of aromatic nitrogens is 6. The van der Waals surface area contributed by atoms with Crippen LogP contribution in [0.3, 0.4) is 0 Å². The Kier molecular flexibility index (Phi) is 12.5. The fraction of sp³-hybridized carbons (Fsp3) is 0.333. The van der Waals surface area contributed by atoms with E-state index in [2.05, 4.69) is 34.6 Å². The maximum atomic E-state index is 11.0. The molecular formula is C18H23N9O12. The second-order valence-electron chi connectivity index (χ2n) is 6.41. The molecular weight excluding hydrogens is 534 g/mol. The number of hydrogen-bond acceptors (Lipinski definition) is 15. The lowest BCUT2D eigenvalue weighted by Crippen LogP contribution is -2.10. The minimum atomic E-state index is -0.813. The standard InChI is InChI=1S/2C6H7N3O4.C5H5N3O4.CH4/c1-8-3-4(9(11)12)5(7-8)6(10)13-2;1-8-5(6(10)13-2)4(3-7-8)9(11)12;1-12-5(9)4-3(8(10)11)2-6-7-4;/h2*3H,1-2H3;2H,1H3,(H,6,7);1H4. The van der Waals surface area contributed by atoms with Crippen LogP contribution in [0.5, 0.6) is 0 Å². The van der Waals surface area contributed by atoms with E-state index in [4.69, 9.17) is 0 Å². The average molecular weight is 557 g/mol. The summed E-state index contributed by atoms with van der Waals surface area (Å²) < 4.78 is 15.2. The monoisotopic (exact) mass is 557 g/mol. The van der Waals surface area contributed by atoms with Crippen LogP contribution in [0.4, 0.5) is 17.1 Å². The number of ether oxygens (including phenoxy) is 3. The van der Waals surface area contributed by atoms with E-state index in [1.807, 2.05) is 0 Å². The summed E-state index contributed by atoms with van der Waals surface area (Å²) in [5.41, 5.74) is -1.78. The maximum absolute atomic E-state index is 11.0. The van der Waals surface area contributed by atoms with Gasteiger partial charge >= 0.3 is 35.0 Å². The third-order valence-corrected chi connectivity index (χ3v) is 4.09. The average Bonchev–Trinajstić information content (AvgIpc) is 3.61. The van der Waals surface area contributed by atoms with Crippen LogP contribution in [-0.4, -0.2) is 83.8 Å². The predicted molar refractivity (Wildman–Crippen MR) is 126 cm³/mol. The molecule has 21 nitrogen and oxygen atoms in total. The minimum Gasteiger partial charge on any atom is -0.464 e.